The zero-order valence-corrected chi connectivity index (χ0v) is 12.7. The summed E-state index contributed by atoms with van der Waals surface area (Å²) in [7, 11) is 0. The van der Waals surface area contributed by atoms with Crippen molar-refractivity contribution in [3.8, 4) is 0 Å². The SMILES string of the molecule is CCn1nnc2cc(C(=O)N[C@@H]3CCCC[C@H]3C)ccc21. The molecule has 0 aliphatic heterocycles. The minimum atomic E-state index is 0.00157. The molecule has 1 aliphatic rings. The highest BCUT2D eigenvalue weighted by atomic mass is 16.1. The van der Waals surface area contributed by atoms with Crippen LogP contribution < -0.4 is 5.32 Å². The predicted molar refractivity (Wildman–Crippen MR) is 82.1 cm³/mol. The van der Waals surface area contributed by atoms with Gasteiger partial charge in [0.25, 0.3) is 5.91 Å². The maximum atomic E-state index is 12.4. The second-order valence-corrected chi connectivity index (χ2v) is 5.95. The predicted octanol–water partition coefficient (Wildman–Crippen LogP) is 2.76. The molecule has 1 fully saturated rings. The maximum absolute atomic E-state index is 12.4. The Kier molecular flexibility index (Phi) is 3.90. The van der Waals surface area contributed by atoms with Crippen molar-refractivity contribution in [1.82, 2.24) is 20.3 Å². The van der Waals surface area contributed by atoms with Crippen LogP contribution in [-0.4, -0.2) is 26.9 Å². The van der Waals surface area contributed by atoms with Crippen molar-refractivity contribution in [3.63, 3.8) is 0 Å². The van der Waals surface area contributed by atoms with Crippen LogP contribution in [0.4, 0.5) is 0 Å². The summed E-state index contributed by atoms with van der Waals surface area (Å²) < 4.78 is 1.83. The molecular formula is C16H22N4O. The van der Waals surface area contributed by atoms with Crippen molar-refractivity contribution in [2.75, 3.05) is 0 Å². The number of nitrogens with one attached hydrogen (secondary N) is 1. The van der Waals surface area contributed by atoms with E-state index in [9.17, 15) is 4.79 Å². The fourth-order valence-corrected chi connectivity index (χ4v) is 3.13. The number of hydrogen-bond acceptors (Lipinski definition) is 3. The highest BCUT2D eigenvalue weighted by molar-refractivity contribution is 5.97. The van der Waals surface area contributed by atoms with E-state index in [2.05, 4.69) is 22.6 Å². The van der Waals surface area contributed by atoms with Crippen molar-refractivity contribution >= 4 is 16.9 Å². The summed E-state index contributed by atoms with van der Waals surface area (Å²) in [5, 5.41) is 11.4. The highest BCUT2D eigenvalue weighted by Gasteiger charge is 2.23. The Balaban J connectivity index is 1.78. The summed E-state index contributed by atoms with van der Waals surface area (Å²) >= 11 is 0. The molecule has 5 nitrogen and oxygen atoms in total. The first-order chi connectivity index (χ1) is 10.2. The number of nitrogens with zero attached hydrogens (tertiary/aromatic N) is 3. The van der Waals surface area contributed by atoms with Crippen LogP contribution in [0, 0.1) is 5.92 Å². The standard InChI is InChI=1S/C16H22N4O/c1-3-20-15-9-8-12(10-14(15)18-19-20)16(21)17-13-7-5-4-6-11(13)2/h8-11,13H,3-7H2,1-2H3,(H,17,21)/t11-,13-/m1/s1. The molecule has 1 saturated carbocycles. The molecule has 0 bridgehead atoms. The van der Waals surface area contributed by atoms with Crippen molar-refractivity contribution in [2.45, 2.75) is 52.1 Å². The third-order valence-electron chi connectivity index (χ3n) is 4.50. The Morgan fingerprint density at radius 3 is 2.95 bits per heavy atom. The fraction of sp³-hybridized carbons (Fsp3) is 0.562. The Morgan fingerprint density at radius 2 is 2.19 bits per heavy atom. The van der Waals surface area contributed by atoms with Crippen LogP contribution >= 0.6 is 0 Å². The summed E-state index contributed by atoms with van der Waals surface area (Å²) in [6.45, 7) is 5.03. The van der Waals surface area contributed by atoms with Crippen LogP contribution in [0.15, 0.2) is 18.2 Å². The number of aryl methyl sites for hydroxylation is 1. The van der Waals surface area contributed by atoms with Crippen LogP contribution in [0.1, 0.15) is 49.9 Å². The molecule has 5 heteroatoms. The molecule has 0 unspecified atom stereocenters. The number of fused-ring (bicyclic) bond motifs is 1. The van der Waals surface area contributed by atoms with Gasteiger partial charge in [-0.15, -0.1) is 5.10 Å². The van der Waals surface area contributed by atoms with E-state index < -0.39 is 0 Å². The quantitative estimate of drug-likeness (QED) is 0.943. The average molecular weight is 286 g/mol. The van der Waals surface area contributed by atoms with Crippen LogP contribution in [-0.2, 0) is 6.54 Å². The number of carbonyl (C=O) groups excluding carboxylic acids is 1. The summed E-state index contributed by atoms with van der Waals surface area (Å²) in [4.78, 5) is 12.4. The molecule has 1 N–H and O–H groups in total. The van der Waals surface area contributed by atoms with Crippen LogP contribution in [0.2, 0.25) is 0 Å². The van der Waals surface area contributed by atoms with Gasteiger partial charge >= 0.3 is 0 Å². The Hall–Kier alpha value is -1.91. The van der Waals surface area contributed by atoms with Gasteiger partial charge in [0.15, 0.2) is 0 Å². The van der Waals surface area contributed by atoms with Gasteiger partial charge in [-0.3, -0.25) is 4.79 Å². The third-order valence-corrected chi connectivity index (χ3v) is 4.50. The van der Waals surface area contributed by atoms with Gasteiger partial charge in [0.1, 0.15) is 5.52 Å². The Morgan fingerprint density at radius 1 is 1.38 bits per heavy atom. The molecule has 1 aromatic carbocycles. The number of rotatable bonds is 3. The van der Waals surface area contributed by atoms with E-state index in [0.29, 0.717) is 17.5 Å². The molecule has 112 valence electrons. The number of amides is 1. The van der Waals surface area contributed by atoms with Crippen LogP contribution in [0.3, 0.4) is 0 Å². The summed E-state index contributed by atoms with van der Waals surface area (Å²) in [6.07, 6.45) is 4.77. The minimum Gasteiger partial charge on any atom is -0.349 e. The zero-order chi connectivity index (χ0) is 14.8. The van der Waals surface area contributed by atoms with Crippen molar-refractivity contribution in [1.29, 1.82) is 0 Å². The maximum Gasteiger partial charge on any atom is 0.251 e. The normalized spacial score (nSPS) is 22.4. The van der Waals surface area contributed by atoms with Gasteiger partial charge in [0.2, 0.25) is 0 Å². The lowest BCUT2D eigenvalue weighted by Crippen LogP contribution is -2.41. The molecule has 1 aliphatic carbocycles. The van der Waals surface area contributed by atoms with Gasteiger partial charge in [0, 0.05) is 18.2 Å². The number of benzene rings is 1. The van der Waals surface area contributed by atoms with E-state index in [1.54, 1.807) is 0 Å². The summed E-state index contributed by atoms with van der Waals surface area (Å²) in [5.74, 6) is 0.564. The Bertz CT molecular complexity index is 649. The van der Waals surface area contributed by atoms with Gasteiger partial charge in [0.05, 0.1) is 5.52 Å². The highest BCUT2D eigenvalue weighted by Crippen LogP contribution is 2.24. The summed E-state index contributed by atoms with van der Waals surface area (Å²) in [5.41, 5.74) is 2.42. The molecule has 1 aromatic heterocycles. The van der Waals surface area contributed by atoms with Gasteiger partial charge in [-0.2, -0.15) is 0 Å². The zero-order valence-electron chi connectivity index (χ0n) is 12.7. The lowest BCUT2D eigenvalue weighted by molar-refractivity contribution is 0.0910. The molecule has 1 heterocycles. The summed E-state index contributed by atoms with van der Waals surface area (Å²) in [6, 6.07) is 5.92. The molecule has 1 amide bonds. The minimum absolute atomic E-state index is 0.00157. The molecule has 2 atom stereocenters. The molecule has 3 rings (SSSR count). The van der Waals surface area contributed by atoms with Crippen molar-refractivity contribution in [3.05, 3.63) is 23.8 Å². The van der Waals surface area contributed by atoms with Crippen LogP contribution in [0.5, 0.6) is 0 Å². The molecule has 0 saturated heterocycles. The topological polar surface area (TPSA) is 59.8 Å². The average Bonchev–Trinajstić information content (AvgIpc) is 2.91. The van der Waals surface area contributed by atoms with Gasteiger partial charge < -0.3 is 5.32 Å². The first kappa shape index (κ1) is 14.0. The van der Waals surface area contributed by atoms with E-state index in [1.165, 1.54) is 19.3 Å². The van der Waals surface area contributed by atoms with E-state index >= 15 is 0 Å². The number of hydrogen-bond donors (Lipinski definition) is 1. The van der Waals surface area contributed by atoms with Gasteiger partial charge in [-0.05, 0) is 43.9 Å². The van der Waals surface area contributed by atoms with Crippen molar-refractivity contribution in [2.24, 2.45) is 5.92 Å². The molecule has 2 aromatic rings. The second-order valence-electron chi connectivity index (χ2n) is 5.95. The smallest absolute Gasteiger partial charge is 0.251 e. The first-order valence-corrected chi connectivity index (χ1v) is 7.83. The monoisotopic (exact) mass is 286 g/mol. The second kappa shape index (κ2) is 5.84. The van der Waals surface area contributed by atoms with Gasteiger partial charge in [-0.1, -0.05) is 25.0 Å². The molecule has 0 spiro atoms. The molecule has 21 heavy (non-hydrogen) atoms. The van der Waals surface area contributed by atoms with E-state index in [1.807, 2.05) is 29.8 Å². The van der Waals surface area contributed by atoms with Crippen LogP contribution in [0.25, 0.3) is 11.0 Å². The lowest BCUT2D eigenvalue weighted by atomic mass is 9.86. The first-order valence-electron chi connectivity index (χ1n) is 7.83. The fourth-order valence-electron chi connectivity index (χ4n) is 3.13. The largest absolute Gasteiger partial charge is 0.349 e. The number of carbonyl (C=O) groups is 1. The van der Waals surface area contributed by atoms with Gasteiger partial charge in [-0.25, -0.2) is 4.68 Å². The Labute approximate surface area is 124 Å². The van der Waals surface area contributed by atoms with E-state index in [0.717, 1.165) is 24.0 Å². The van der Waals surface area contributed by atoms with E-state index in [-0.39, 0.29) is 5.91 Å². The van der Waals surface area contributed by atoms with Crippen molar-refractivity contribution < 1.29 is 4.79 Å². The molecule has 0 radical (unpaired) electrons. The van der Waals surface area contributed by atoms with E-state index in [4.69, 9.17) is 0 Å². The number of aromatic nitrogens is 3. The third kappa shape index (κ3) is 2.77. The lowest BCUT2D eigenvalue weighted by Gasteiger charge is -2.29. The molecular weight excluding hydrogens is 264 g/mol.